The van der Waals surface area contributed by atoms with Crippen LogP contribution in [-0.2, 0) is 4.74 Å². The van der Waals surface area contributed by atoms with E-state index in [9.17, 15) is 0 Å². The lowest BCUT2D eigenvalue weighted by molar-refractivity contribution is -0.131. The number of rotatable bonds is 3. The van der Waals surface area contributed by atoms with Crippen LogP contribution in [0.5, 0.6) is 0 Å². The number of ether oxygens (including phenoxy) is 1. The molecular formula is C21H36O2. The van der Waals surface area contributed by atoms with Gasteiger partial charge in [0.2, 0.25) is 0 Å². The summed E-state index contributed by atoms with van der Waals surface area (Å²) < 4.78 is 5.90. The lowest BCUT2D eigenvalue weighted by Gasteiger charge is -2.60. The number of hydrogen-bond acceptors (Lipinski definition) is 2. The van der Waals surface area contributed by atoms with Crippen molar-refractivity contribution in [2.75, 3.05) is 13.2 Å². The highest BCUT2D eigenvalue weighted by Crippen LogP contribution is 2.66. The molecule has 0 spiro atoms. The average molecular weight is 321 g/mol. The molecule has 0 unspecified atom stereocenters. The minimum absolute atomic E-state index is 0.170. The molecule has 4 aliphatic rings. The van der Waals surface area contributed by atoms with Crippen molar-refractivity contribution in [1.82, 2.24) is 0 Å². The molecular weight excluding hydrogens is 284 g/mol. The zero-order valence-corrected chi connectivity index (χ0v) is 15.2. The lowest BCUT2D eigenvalue weighted by atomic mass is 9.45. The van der Waals surface area contributed by atoms with Crippen molar-refractivity contribution in [2.45, 2.75) is 84.2 Å². The van der Waals surface area contributed by atoms with Crippen LogP contribution in [0.15, 0.2) is 0 Å². The average Bonchev–Trinajstić information content (AvgIpc) is 2.94. The van der Waals surface area contributed by atoms with Gasteiger partial charge in [-0.25, -0.2) is 0 Å². The summed E-state index contributed by atoms with van der Waals surface area (Å²) in [5.41, 5.74) is 1.26. The highest BCUT2D eigenvalue weighted by Gasteiger charge is 2.57. The summed E-state index contributed by atoms with van der Waals surface area (Å²) in [6.07, 6.45) is 14.6. The van der Waals surface area contributed by atoms with Crippen LogP contribution in [0.4, 0.5) is 0 Å². The smallest absolute Gasteiger partial charge is 0.0701 e. The van der Waals surface area contributed by atoms with Crippen LogP contribution in [0, 0.1) is 34.5 Å². The fourth-order valence-corrected chi connectivity index (χ4v) is 7.58. The molecule has 0 bridgehead atoms. The van der Waals surface area contributed by atoms with Crippen LogP contribution in [0.25, 0.3) is 0 Å². The van der Waals surface area contributed by atoms with Crippen LogP contribution in [0.1, 0.15) is 78.1 Å². The van der Waals surface area contributed by atoms with Crippen LogP contribution < -0.4 is 0 Å². The second-order valence-electron chi connectivity index (χ2n) is 9.73. The van der Waals surface area contributed by atoms with Crippen molar-refractivity contribution in [3.63, 3.8) is 0 Å². The Morgan fingerprint density at radius 3 is 2.65 bits per heavy atom. The maximum atomic E-state index is 9.02. The van der Waals surface area contributed by atoms with E-state index >= 15 is 0 Å². The van der Waals surface area contributed by atoms with Crippen LogP contribution in [-0.4, -0.2) is 24.4 Å². The summed E-state index contributed by atoms with van der Waals surface area (Å²) in [5.74, 6) is 3.90. The number of hydrogen-bond donors (Lipinski definition) is 1. The van der Waals surface area contributed by atoms with Gasteiger partial charge in [-0.2, -0.15) is 0 Å². The molecule has 7 atom stereocenters. The molecule has 0 radical (unpaired) electrons. The fraction of sp³-hybridized carbons (Fsp3) is 1.00. The summed E-state index contributed by atoms with van der Waals surface area (Å²) in [5, 5.41) is 9.02. The largest absolute Gasteiger partial charge is 0.394 e. The quantitative estimate of drug-likeness (QED) is 0.809. The molecule has 23 heavy (non-hydrogen) atoms. The van der Waals surface area contributed by atoms with Gasteiger partial charge in [0.05, 0.1) is 19.3 Å². The summed E-state index contributed by atoms with van der Waals surface area (Å²) in [6, 6.07) is 0. The number of aliphatic hydroxyl groups excluding tert-OH is 1. The topological polar surface area (TPSA) is 29.5 Å². The molecule has 2 heteroatoms. The van der Waals surface area contributed by atoms with E-state index in [0.717, 1.165) is 23.7 Å². The van der Waals surface area contributed by atoms with E-state index in [1.165, 1.54) is 64.2 Å². The highest BCUT2D eigenvalue weighted by molar-refractivity contribution is 5.07. The van der Waals surface area contributed by atoms with Crippen LogP contribution in [0.2, 0.25) is 0 Å². The van der Waals surface area contributed by atoms with Gasteiger partial charge in [0.15, 0.2) is 0 Å². The first-order valence-electron chi connectivity index (χ1n) is 10.3. The minimum atomic E-state index is 0.170. The molecule has 4 rings (SSSR count). The van der Waals surface area contributed by atoms with Crippen LogP contribution in [0.3, 0.4) is 0 Å². The van der Waals surface area contributed by atoms with Crippen molar-refractivity contribution < 1.29 is 9.84 Å². The second-order valence-corrected chi connectivity index (χ2v) is 9.73. The van der Waals surface area contributed by atoms with Gasteiger partial charge in [-0.3, -0.25) is 0 Å². The number of fused-ring (bicyclic) bond motifs is 5. The molecule has 0 aromatic rings. The van der Waals surface area contributed by atoms with E-state index < -0.39 is 0 Å². The second kappa shape index (κ2) is 6.02. The monoisotopic (exact) mass is 320 g/mol. The molecule has 0 heterocycles. The molecule has 4 aliphatic carbocycles. The molecule has 0 saturated heterocycles. The zero-order valence-electron chi connectivity index (χ0n) is 15.2. The van der Waals surface area contributed by atoms with Gasteiger partial charge >= 0.3 is 0 Å². The molecule has 132 valence electrons. The molecule has 1 N–H and O–H groups in total. The first kappa shape index (κ1) is 16.4. The Morgan fingerprint density at radius 1 is 0.957 bits per heavy atom. The van der Waals surface area contributed by atoms with Crippen molar-refractivity contribution in [1.29, 1.82) is 0 Å². The van der Waals surface area contributed by atoms with Crippen molar-refractivity contribution in [3.05, 3.63) is 0 Å². The molecule has 4 saturated carbocycles. The Labute approximate surface area is 142 Å². The van der Waals surface area contributed by atoms with Gasteiger partial charge in [-0.05, 0) is 92.3 Å². The predicted octanol–water partition coefficient (Wildman–Crippen LogP) is 4.80. The molecule has 0 aromatic carbocycles. The standard InChI is InChI=1S/C21H36O2/c1-20-9-3-4-18(20)17-6-5-15-14-16(23-13-12-22)7-11-21(15,2)19(17)8-10-20/h15-19,22H,3-14H2,1-2H3/t15-,16+,17-,18+,19+,20+,21-/m0/s1. The third-order valence-corrected chi connectivity index (χ3v) is 8.84. The van der Waals surface area contributed by atoms with Crippen molar-refractivity contribution in [2.24, 2.45) is 34.5 Å². The van der Waals surface area contributed by atoms with Crippen molar-refractivity contribution in [3.8, 4) is 0 Å². The van der Waals surface area contributed by atoms with E-state index in [-0.39, 0.29) is 6.61 Å². The SMILES string of the molecule is C[C@]12CCC[C@@H]1[C@@H]1CC[C@H]3C[C@H](OCCO)CC[C@]3(C)[C@@H]1CC2. The summed E-state index contributed by atoms with van der Waals surface area (Å²) in [7, 11) is 0. The Bertz CT molecular complexity index is 436. The zero-order chi connectivity index (χ0) is 16.1. The lowest BCUT2D eigenvalue weighted by Crippen LogP contribution is -2.53. The van der Waals surface area contributed by atoms with E-state index in [4.69, 9.17) is 9.84 Å². The Hall–Kier alpha value is -0.0800. The van der Waals surface area contributed by atoms with Gasteiger partial charge in [0.1, 0.15) is 0 Å². The van der Waals surface area contributed by atoms with E-state index in [1.807, 2.05) is 0 Å². The fourth-order valence-electron chi connectivity index (χ4n) is 7.58. The molecule has 2 nitrogen and oxygen atoms in total. The third kappa shape index (κ3) is 2.59. The molecule has 0 aliphatic heterocycles. The summed E-state index contributed by atoms with van der Waals surface area (Å²) in [4.78, 5) is 0. The highest BCUT2D eigenvalue weighted by atomic mass is 16.5. The Morgan fingerprint density at radius 2 is 1.83 bits per heavy atom. The van der Waals surface area contributed by atoms with Crippen LogP contribution >= 0.6 is 0 Å². The Kier molecular flexibility index (Phi) is 4.29. The van der Waals surface area contributed by atoms with Gasteiger partial charge in [-0.15, -0.1) is 0 Å². The van der Waals surface area contributed by atoms with Gasteiger partial charge in [0.25, 0.3) is 0 Å². The summed E-state index contributed by atoms with van der Waals surface area (Å²) >= 11 is 0. The molecule has 0 amide bonds. The van der Waals surface area contributed by atoms with E-state index in [2.05, 4.69) is 13.8 Å². The number of aliphatic hydroxyl groups is 1. The maximum Gasteiger partial charge on any atom is 0.0701 e. The van der Waals surface area contributed by atoms with Crippen molar-refractivity contribution >= 4 is 0 Å². The van der Waals surface area contributed by atoms with Gasteiger partial charge in [0, 0.05) is 0 Å². The maximum absolute atomic E-state index is 9.02. The minimum Gasteiger partial charge on any atom is -0.394 e. The predicted molar refractivity (Wildman–Crippen MR) is 93.2 cm³/mol. The van der Waals surface area contributed by atoms with E-state index in [0.29, 0.717) is 23.5 Å². The normalized spacial score (nSPS) is 52.6. The van der Waals surface area contributed by atoms with E-state index in [1.54, 1.807) is 0 Å². The van der Waals surface area contributed by atoms with Gasteiger partial charge in [-0.1, -0.05) is 20.3 Å². The first-order valence-corrected chi connectivity index (χ1v) is 10.3. The summed E-state index contributed by atoms with van der Waals surface area (Å²) in [6.45, 7) is 5.94. The third-order valence-electron chi connectivity index (χ3n) is 8.84. The first-order chi connectivity index (χ1) is 11.1. The Balaban J connectivity index is 1.49. The molecule has 0 aromatic heterocycles. The van der Waals surface area contributed by atoms with Gasteiger partial charge < -0.3 is 9.84 Å². The molecule has 4 fully saturated rings.